The second kappa shape index (κ2) is 7.16. The van der Waals surface area contributed by atoms with E-state index in [2.05, 4.69) is 19.7 Å². The van der Waals surface area contributed by atoms with Gasteiger partial charge in [0.25, 0.3) is 5.82 Å². The minimum Gasteiger partial charge on any atom is -0.466 e. The Balaban J connectivity index is 1.91. The van der Waals surface area contributed by atoms with Crippen molar-refractivity contribution >= 4 is 11.9 Å². The lowest BCUT2D eigenvalue weighted by molar-refractivity contribution is -0.150. The largest absolute Gasteiger partial charge is 0.466 e. The fourth-order valence-corrected chi connectivity index (χ4v) is 2.39. The second-order valence-corrected chi connectivity index (χ2v) is 4.91. The summed E-state index contributed by atoms with van der Waals surface area (Å²) in [4.78, 5) is 29.1. The highest BCUT2D eigenvalue weighted by Gasteiger charge is 2.27. The Morgan fingerprint density at radius 2 is 2.29 bits per heavy atom. The van der Waals surface area contributed by atoms with Crippen molar-refractivity contribution in [3.05, 3.63) is 12.2 Å². The van der Waals surface area contributed by atoms with Crippen molar-refractivity contribution < 1.29 is 19.1 Å². The van der Waals surface area contributed by atoms with Gasteiger partial charge >= 0.3 is 11.9 Å². The molecule has 0 spiro atoms. The maximum Gasteiger partial charge on any atom is 0.377 e. The zero-order chi connectivity index (χ0) is 15.2. The SMILES string of the molecule is CCOC(=O)C1CCCN(Cn2cnc(C(=O)OC)n2)C1. The smallest absolute Gasteiger partial charge is 0.377 e. The third-order valence-corrected chi connectivity index (χ3v) is 3.37. The number of hydrogen-bond donors (Lipinski definition) is 0. The van der Waals surface area contributed by atoms with Crippen molar-refractivity contribution in [2.75, 3.05) is 26.8 Å². The van der Waals surface area contributed by atoms with E-state index in [0.29, 0.717) is 19.8 Å². The molecule has 116 valence electrons. The Hall–Kier alpha value is -1.96. The van der Waals surface area contributed by atoms with Gasteiger partial charge in [0.05, 0.1) is 26.3 Å². The van der Waals surface area contributed by atoms with Gasteiger partial charge in [-0.1, -0.05) is 0 Å². The van der Waals surface area contributed by atoms with Crippen LogP contribution in [0.2, 0.25) is 0 Å². The molecule has 0 amide bonds. The van der Waals surface area contributed by atoms with Gasteiger partial charge in [0.1, 0.15) is 6.33 Å². The number of esters is 2. The summed E-state index contributed by atoms with van der Waals surface area (Å²) in [6.07, 6.45) is 3.27. The number of nitrogens with zero attached hydrogens (tertiary/aromatic N) is 4. The summed E-state index contributed by atoms with van der Waals surface area (Å²) in [6.45, 7) is 4.21. The van der Waals surface area contributed by atoms with E-state index in [1.807, 2.05) is 6.92 Å². The molecule has 1 unspecified atom stereocenters. The predicted molar refractivity (Wildman–Crippen MR) is 72.3 cm³/mol. The van der Waals surface area contributed by atoms with Gasteiger partial charge in [0.15, 0.2) is 0 Å². The van der Waals surface area contributed by atoms with Gasteiger partial charge in [-0.05, 0) is 26.3 Å². The first-order valence-electron chi connectivity index (χ1n) is 7.00. The molecule has 1 fully saturated rings. The highest BCUT2D eigenvalue weighted by molar-refractivity contribution is 5.84. The van der Waals surface area contributed by atoms with Crippen LogP contribution >= 0.6 is 0 Å². The molecule has 21 heavy (non-hydrogen) atoms. The minimum atomic E-state index is -0.559. The summed E-state index contributed by atoms with van der Waals surface area (Å²) >= 11 is 0. The summed E-state index contributed by atoms with van der Waals surface area (Å²) in [5.74, 6) is -0.758. The lowest BCUT2D eigenvalue weighted by atomic mass is 9.99. The van der Waals surface area contributed by atoms with Crippen LogP contribution in [0.15, 0.2) is 6.33 Å². The Labute approximate surface area is 123 Å². The number of hydrogen-bond acceptors (Lipinski definition) is 7. The quantitative estimate of drug-likeness (QED) is 0.722. The van der Waals surface area contributed by atoms with Crippen molar-refractivity contribution in [2.24, 2.45) is 5.92 Å². The molecule has 0 aromatic carbocycles. The third kappa shape index (κ3) is 4.01. The highest BCUT2D eigenvalue weighted by atomic mass is 16.5. The van der Waals surface area contributed by atoms with Crippen LogP contribution in [0.5, 0.6) is 0 Å². The summed E-state index contributed by atoms with van der Waals surface area (Å²) in [5, 5.41) is 4.05. The summed E-state index contributed by atoms with van der Waals surface area (Å²) in [6, 6.07) is 0. The maximum atomic E-state index is 11.8. The number of likely N-dealkylation sites (tertiary alicyclic amines) is 1. The summed E-state index contributed by atoms with van der Waals surface area (Å²) in [7, 11) is 1.29. The monoisotopic (exact) mass is 296 g/mol. The molecule has 0 aliphatic carbocycles. The Morgan fingerprint density at radius 1 is 1.48 bits per heavy atom. The molecule has 1 aromatic rings. The standard InChI is InChI=1S/C13H20N4O4/c1-3-21-12(18)10-5-4-6-16(7-10)9-17-8-14-11(15-17)13(19)20-2/h8,10H,3-7,9H2,1-2H3. The second-order valence-electron chi connectivity index (χ2n) is 4.91. The number of methoxy groups -OCH3 is 1. The lowest BCUT2D eigenvalue weighted by Gasteiger charge is -2.30. The molecule has 2 heterocycles. The third-order valence-electron chi connectivity index (χ3n) is 3.37. The number of aromatic nitrogens is 3. The van der Waals surface area contributed by atoms with Gasteiger partial charge in [0.2, 0.25) is 0 Å². The van der Waals surface area contributed by atoms with E-state index in [1.54, 1.807) is 4.68 Å². The van der Waals surface area contributed by atoms with Crippen LogP contribution in [0.3, 0.4) is 0 Å². The van der Waals surface area contributed by atoms with Crippen LogP contribution in [0, 0.1) is 5.92 Å². The molecule has 2 rings (SSSR count). The highest BCUT2D eigenvalue weighted by Crippen LogP contribution is 2.18. The number of carbonyl (C=O) groups is 2. The molecular formula is C13H20N4O4. The van der Waals surface area contributed by atoms with Crippen molar-refractivity contribution in [1.29, 1.82) is 0 Å². The Morgan fingerprint density at radius 3 is 3.00 bits per heavy atom. The van der Waals surface area contributed by atoms with Gasteiger partial charge in [0, 0.05) is 6.54 Å². The van der Waals surface area contributed by atoms with E-state index in [0.717, 1.165) is 19.4 Å². The molecule has 8 nitrogen and oxygen atoms in total. The van der Waals surface area contributed by atoms with Crippen LogP contribution in [0.4, 0.5) is 0 Å². The van der Waals surface area contributed by atoms with E-state index >= 15 is 0 Å². The van der Waals surface area contributed by atoms with E-state index in [4.69, 9.17) is 4.74 Å². The molecule has 8 heteroatoms. The van der Waals surface area contributed by atoms with Crippen molar-refractivity contribution in [3.63, 3.8) is 0 Å². The Bertz CT molecular complexity index is 502. The van der Waals surface area contributed by atoms with Crippen molar-refractivity contribution in [3.8, 4) is 0 Å². The van der Waals surface area contributed by atoms with Crippen LogP contribution in [-0.2, 0) is 20.9 Å². The number of rotatable bonds is 5. The van der Waals surface area contributed by atoms with E-state index in [-0.39, 0.29) is 17.7 Å². The van der Waals surface area contributed by atoms with Gasteiger partial charge in [-0.25, -0.2) is 14.5 Å². The minimum absolute atomic E-state index is 0.0384. The lowest BCUT2D eigenvalue weighted by Crippen LogP contribution is -2.40. The first-order valence-corrected chi connectivity index (χ1v) is 7.00. The first kappa shape index (κ1) is 15.4. The predicted octanol–water partition coefficient (Wildman–Crippen LogP) is 0.297. The molecule has 1 atom stereocenters. The molecule has 1 aliphatic heterocycles. The van der Waals surface area contributed by atoms with Gasteiger partial charge in [-0.2, -0.15) is 0 Å². The average Bonchev–Trinajstić information content (AvgIpc) is 2.95. The van der Waals surface area contributed by atoms with Gasteiger partial charge in [-0.15, -0.1) is 5.10 Å². The Kier molecular flexibility index (Phi) is 5.26. The molecule has 1 saturated heterocycles. The molecule has 0 bridgehead atoms. The number of carbonyl (C=O) groups excluding carboxylic acids is 2. The number of ether oxygens (including phenoxy) is 2. The van der Waals surface area contributed by atoms with Crippen molar-refractivity contribution in [2.45, 2.75) is 26.4 Å². The molecule has 0 saturated carbocycles. The molecule has 1 aliphatic rings. The van der Waals surface area contributed by atoms with Crippen LogP contribution in [-0.4, -0.2) is 58.4 Å². The van der Waals surface area contributed by atoms with Gasteiger partial charge in [-0.3, -0.25) is 9.69 Å². The average molecular weight is 296 g/mol. The molecule has 0 radical (unpaired) electrons. The van der Waals surface area contributed by atoms with Gasteiger partial charge < -0.3 is 9.47 Å². The summed E-state index contributed by atoms with van der Waals surface area (Å²) < 4.78 is 11.2. The van der Waals surface area contributed by atoms with Crippen LogP contribution in [0.25, 0.3) is 0 Å². The zero-order valence-electron chi connectivity index (χ0n) is 12.3. The van der Waals surface area contributed by atoms with Crippen molar-refractivity contribution in [1.82, 2.24) is 19.7 Å². The maximum absolute atomic E-state index is 11.8. The zero-order valence-corrected chi connectivity index (χ0v) is 12.3. The van der Waals surface area contributed by atoms with E-state index in [1.165, 1.54) is 13.4 Å². The normalized spacial score (nSPS) is 19.2. The molecular weight excluding hydrogens is 276 g/mol. The molecule has 1 aromatic heterocycles. The summed E-state index contributed by atoms with van der Waals surface area (Å²) in [5.41, 5.74) is 0. The first-order chi connectivity index (χ1) is 10.1. The number of piperidine rings is 1. The van der Waals surface area contributed by atoms with Crippen LogP contribution in [0.1, 0.15) is 30.4 Å². The molecule has 0 N–H and O–H groups in total. The fraction of sp³-hybridized carbons (Fsp3) is 0.692. The van der Waals surface area contributed by atoms with E-state index in [9.17, 15) is 9.59 Å². The van der Waals surface area contributed by atoms with Crippen LogP contribution < -0.4 is 0 Å². The topological polar surface area (TPSA) is 86.6 Å². The fourth-order valence-electron chi connectivity index (χ4n) is 2.39. The van der Waals surface area contributed by atoms with E-state index < -0.39 is 5.97 Å².